The molecule has 0 unspecified atom stereocenters. The number of nitrogens with one attached hydrogen (secondary N) is 1. The fourth-order valence-electron chi connectivity index (χ4n) is 3.17. The van der Waals surface area contributed by atoms with Gasteiger partial charge in [0.2, 0.25) is 0 Å². The maximum Gasteiger partial charge on any atom is 0.265 e. The van der Waals surface area contributed by atoms with E-state index in [1.165, 1.54) is 4.40 Å². The SMILES string of the molecule is CCOc1ccccc1CNC(=O)c1cccn2c(=O)c3ccccc3nc12. The second-order valence-corrected chi connectivity index (χ2v) is 6.27. The molecule has 28 heavy (non-hydrogen) atoms. The Bertz CT molecular complexity index is 1230. The Kier molecular flexibility index (Phi) is 4.76. The molecule has 0 bridgehead atoms. The van der Waals surface area contributed by atoms with Crippen LogP contribution in [0.15, 0.2) is 71.7 Å². The predicted molar refractivity (Wildman–Crippen MR) is 108 cm³/mol. The van der Waals surface area contributed by atoms with Gasteiger partial charge in [0.1, 0.15) is 5.75 Å². The minimum atomic E-state index is -0.299. The number of hydrogen-bond acceptors (Lipinski definition) is 4. The van der Waals surface area contributed by atoms with Crippen molar-refractivity contribution in [2.45, 2.75) is 13.5 Å². The van der Waals surface area contributed by atoms with Gasteiger partial charge >= 0.3 is 0 Å². The number of pyridine rings is 1. The van der Waals surface area contributed by atoms with Crippen LogP contribution >= 0.6 is 0 Å². The molecule has 0 saturated heterocycles. The van der Waals surface area contributed by atoms with Crippen molar-refractivity contribution in [2.75, 3.05) is 6.61 Å². The molecule has 1 N–H and O–H groups in total. The molecule has 2 aromatic carbocycles. The van der Waals surface area contributed by atoms with E-state index >= 15 is 0 Å². The number of para-hydroxylation sites is 2. The van der Waals surface area contributed by atoms with E-state index < -0.39 is 0 Å². The molecule has 2 aromatic heterocycles. The van der Waals surface area contributed by atoms with Crippen molar-refractivity contribution >= 4 is 22.5 Å². The summed E-state index contributed by atoms with van der Waals surface area (Å²) in [7, 11) is 0. The standard InChI is InChI=1S/C22H19N3O3/c1-2-28-19-12-6-3-8-15(19)14-23-21(26)17-10-7-13-25-20(17)24-18-11-5-4-9-16(18)22(25)27/h3-13H,2,14H2,1H3,(H,23,26). The molecule has 0 aliphatic carbocycles. The summed E-state index contributed by atoms with van der Waals surface area (Å²) in [5.41, 5.74) is 1.93. The zero-order valence-electron chi connectivity index (χ0n) is 15.4. The van der Waals surface area contributed by atoms with Gasteiger partial charge < -0.3 is 10.1 Å². The largest absolute Gasteiger partial charge is 0.494 e. The number of hydrogen-bond donors (Lipinski definition) is 1. The molecule has 2 heterocycles. The van der Waals surface area contributed by atoms with Crippen molar-refractivity contribution in [1.82, 2.24) is 14.7 Å². The number of carbonyl (C=O) groups excluding carboxylic acids is 1. The van der Waals surface area contributed by atoms with E-state index in [2.05, 4.69) is 10.3 Å². The summed E-state index contributed by atoms with van der Waals surface area (Å²) < 4.78 is 7.01. The third-order valence-corrected chi connectivity index (χ3v) is 4.50. The van der Waals surface area contributed by atoms with Crippen LogP contribution in [0.2, 0.25) is 0 Å². The van der Waals surface area contributed by atoms with E-state index in [-0.39, 0.29) is 11.5 Å². The summed E-state index contributed by atoms with van der Waals surface area (Å²) in [4.78, 5) is 30.1. The highest BCUT2D eigenvalue weighted by atomic mass is 16.5. The van der Waals surface area contributed by atoms with Gasteiger partial charge in [-0.05, 0) is 37.3 Å². The Hall–Kier alpha value is -3.67. The predicted octanol–water partition coefficient (Wildman–Crippen LogP) is 3.18. The quantitative estimate of drug-likeness (QED) is 0.546. The minimum absolute atomic E-state index is 0.197. The fraction of sp³-hybridized carbons (Fsp3) is 0.136. The van der Waals surface area contributed by atoms with Gasteiger partial charge in [-0.25, -0.2) is 4.98 Å². The zero-order chi connectivity index (χ0) is 19.5. The first-order valence-corrected chi connectivity index (χ1v) is 9.08. The van der Waals surface area contributed by atoms with E-state index in [0.717, 1.165) is 11.3 Å². The Morgan fingerprint density at radius 1 is 1.07 bits per heavy atom. The first kappa shape index (κ1) is 17.7. The van der Waals surface area contributed by atoms with Crippen LogP contribution in [0.3, 0.4) is 0 Å². The third kappa shape index (κ3) is 3.20. The lowest BCUT2D eigenvalue weighted by molar-refractivity contribution is 0.0951. The molecule has 0 fully saturated rings. The van der Waals surface area contributed by atoms with Gasteiger partial charge in [-0.15, -0.1) is 0 Å². The van der Waals surface area contributed by atoms with Gasteiger partial charge in [0.15, 0.2) is 5.65 Å². The Balaban J connectivity index is 1.69. The maximum absolute atomic E-state index is 12.8. The van der Waals surface area contributed by atoms with Crippen molar-refractivity contribution in [3.8, 4) is 5.75 Å². The number of rotatable bonds is 5. The average Bonchev–Trinajstić information content (AvgIpc) is 2.73. The average molecular weight is 373 g/mol. The number of benzene rings is 2. The van der Waals surface area contributed by atoms with Crippen molar-refractivity contribution < 1.29 is 9.53 Å². The summed E-state index contributed by atoms with van der Waals surface area (Å²) in [6, 6.07) is 18.0. The summed E-state index contributed by atoms with van der Waals surface area (Å²) in [5.74, 6) is 0.440. The lowest BCUT2D eigenvalue weighted by Gasteiger charge is -2.12. The molecule has 4 aromatic rings. The summed E-state index contributed by atoms with van der Waals surface area (Å²) in [6.45, 7) is 2.78. The maximum atomic E-state index is 12.8. The second kappa shape index (κ2) is 7.52. The highest BCUT2D eigenvalue weighted by Gasteiger charge is 2.14. The van der Waals surface area contributed by atoms with Crippen molar-refractivity contribution in [3.05, 3.63) is 88.3 Å². The molecule has 0 spiro atoms. The van der Waals surface area contributed by atoms with Crippen molar-refractivity contribution in [3.63, 3.8) is 0 Å². The zero-order valence-corrected chi connectivity index (χ0v) is 15.4. The Labute approximate surface area is 161 Å². The summed E-state index contributed by atoms with van der Waals surface area (Å²) >= 11 is 0. The highest BCUT2D eigenvalue weighted by Crippen LogP contribution is 2.18. The van der Waals surface area contributed by atoms with Crippen LogP contribution in [0, 0.1) is 0 Å². The van der Waals surface area contributed by atoms with E-state index in [1.54, 1.807) is 36.5 Å². The lowest BCUT2D eigenvalue weighted by Crippen LogP contribution is -2.25. The van der Waals surface area contributed by atoms with Crippen LogP contribution in [-0.4, -0.2) is 21.9 Å². The summed E-state index contributed by atoms with van der Waals surface area (Å²) in [6.07, 6.45) is 1.62. The van der Waals surface area contributed by atoms with E-state index in [9.17, 15) is 9.59 Å². The molecular formula is C22H19N3O3. The number of amides is 1. The van der Waals surface area contributed by atoms with Gasteiger partial charge in [-0.1, -0.05) is 30.3 Å². The van der Waals surface area contributed by atoms with Crippen LogP contribution in [0.25, 0.3) is 16.6 Å². The molecular weight excluding hydrogens is 354 g/mol. The minimum Gasteiger partial charge on any atom is -0.494 e. The summed E-state index contributed by atoms with van der Waals surface area (Å²) in [5, 5.41) is 3.42. The van der Waals surface area contributed by atoms with E-state index in [0.29, 0.717) is 35.3 Å². The van der Waals surface area contributed by atoms with Gasteiger partial charge in [-0.2, -0.15) is 0 Å². The van der Waals surface area contributed by atoms with Gasteiger partial charge in [-0.3, -0.25) is 14.0 Å². The molecule has 0 atom stereocenters. The van der Waals surface area contributed by atoms with Crippen LogP contribution < -0.4 is 15.6 Å². The number of carbonyl (C=O) groups is 1. The van der Waals surface area contributed by atoms with Crippen LogP contribution in [0.1, 0.15) is 22.8 Å². The molecule has 1 amide bonds. The van der Waals surface area contributed by atoms with Crippen molar-refractivity contribution in [2.24, 2.45) is 0 Å². The topological polar surface area (TPSA) is 72.7 Å². The van der Waals surface area contributed by atoms with Crippen LogP contribution in [-0.2, 0) is 6.54 Å². The first-order chi connectivity index (χ1) is 13.7. The number of nitrogens with zero attached hydrogens (tertiary/aromatic N) is 2. The second-order valence-electron chi connectivity index (χ2n) is 6.27. The molecule has 0 radical (unpaired) electrons. The Morgan fingerprint density at radius 2 is 1.86 bits per heavy atom. The molecule has 0 aliphatic heterocycles. The van der Waals surface area contributed by atoms with Crippen LogP contribution in [0.5, 0.6) is 5.75 Å². The molecule has 0 aliphatic rings. The van der Waals surface area contributed by atoms with Gasteiger partial charge in [0.25, 0.3) is 11.5 Å². The van der Waals surface area contributed by atoms with Gasteiger partial charge in [0.05, 0.1) is 23.1 Å². The highest BCUT2D eigenvalue weighted by molar-refractivity contribution is 6.00. The van der Waals surface area contributed by atoms with Crippen LogP contribution in [0.4, 0.5) is 0 Å². The smallest absolute Gasteiger partial charge is 0.265 e. The Morgan fingerprint density at radius 3 is 2.71 bits per heavy atom. The number of fused-ring (bicyclic) bond motifs is 2. The normalized spacial score (nSPS) is 10.9. The number of ether oxygens (including phenoxy) is 1. The molecule has 0 saturated carbocycles. The van der Waals surface area contributed by atoms with E-state index in [1.807, 2.05) is 37.3 Å². The molecule has 6 heteroatoms. The van der Waals surface area contributed by atoms with Crippen molar-refractivity contribution in [1.29, 1.82) is 0 Å². The molecule has 140 valence electrons. The lowest BCUT2D eigenvalue weighted by atomic mass is 10.1. The molecule has 6 nitrogen and oxygen atoms in total. The molecule has 4 rings (SSSR count). The van der Waals surface area contributed by atoms with E-state index in [4.69, 9.17) is 4.74 Å². The van der Waals surface area contributed by atoms with Gasteiger partial charge in [0, 0.05) is 18.3 Å². The monoisotopic (exact) mass is 373 g/mol. The number of aromatic nitrogens is 2. The fourth-order valence-corrected chi connectivity index (χ4v) is 3.17. The third-order valence-electron chi connectivity index (χ3n) is 4.50. The first-order valence-electron chi connectivity index (χ1n) is 9.08.